The van der Waals surface area contributed by atoms with Crippen LogP contribution in [0.15, 0.2) is 33.5 Å². The highest BCUT2D eigenvalue weighted by molar-refractivity contribution is 7.91. The number of hydrogen-bond acceptors (Lipinski definition) is 4. The van der Waals surface area contributed by atoms with Crippen molar-refractivity contribution >= 4 is 27.7 Å². The summed E-state index contributed by atoms with van der Waals surface area (Å²) in [5.41, 5.74) is 5.55. The molecule has 0 radical (unpaired) electrons. The molecule has 0 spiro atoms. The molecule has 1 saturated heterocycles. The van der Waals surface area contributed by atoms with E-state index < -0.39 is 33.5 Å². The zero-order valence-corrected chi connectivity index (χ0v) is 23.0. The van der Waals surface area contributed by atoms with Crippen LogP contribution >= 0.6 is 0 Å². The van der Waals surface area contributed by atoms with Crippen LogP contribution in [0.2, 0.25) is 0 Å². The van der Waals surface area contributed by atoms with E-state index in [2.05, 4.69) is 15.7 Å². The van der Waals surface area contributed by atoms with Gasteiger partial charge in [-0.3, -0.25) is 0 Å². The number of halogens is 1. The smallest absolute Gasteiger partial charge is 0.410 e. The predicted molar refractivity (Wildman–Crippen MR) is 144 cm³/mol. The summed E-state index contributed by atoms with van der Waals surface area (Å²) in [5.74, 6) is -0.883. The number of nitrogens with two attached hydrogens (primary N) is 1. The van der Waals surface area contributed by atoms with Crippen molar-refractivity contribution in [3.05, 3.63) is 57.9 Å². The minimum absolute atomic E-state index is 0.0950. The molecule has 2 aliphatic carbocycles. The molecule has 204 valence electrons. The third-order valence-electron chi connectivity index (χ3n) is 7.51. The van der Waals surface area contributed by atoms with Gasteiger partial charge < -0.3 is 15.0 Å². The summed E-state index contributed by atoms with van der Waals surface area (Å²) in [6.07, 6.45) is 6.00. The van der Waals surface area contributed by atoms with Crippen LogP contribution < -0.4 is 10.5 Å². The van der Waals surface area contributed by atoms with Crippen molar-refractivity contribution in [1.29, 1.82) is 0 Å². The van der Waals surface area contributed by atoms with Gasteiger partial charge in [0.05, 0.1) is 4.90 Å². The first-order valence-corrected chi connectivity index (χ1v) is 14.8. The Morgan fingerprint density at radius 1 is 1.11 bits per heavy atom. The van der Waals surface area contributed by atoms with Gasteiger partial charge in [0.1, 0.15) is 21.3 Å². The zero-order chi connectivity index (χ0) is 27.2. The highest BCUT2D eigenvalue weighted by Gasteiger charge is 2.31. The van der Waals surface area contributed by atoms with E-state index in [0.717, 1.165) is 55.3 Å². The lowest BCUT2D eigenvalue weighted by Crippen LogP contribution is -2.35. The van der Waals surface area contributed by atoms with E-state index in [9.17, 15) is 13.8 Å². The number of fused-ring (bicyclic) bond motifs is 2. The van der Waals surface area contributed by atoms with Crippen molar-refractivity contribution in [3.63, 3.8) is 0 Å². The van der Waals surface area contributed by atoms with Crippen molar-refractivity contribution < 1.29 is 22.9 Å². The number of carbonyl (C=O) groups is 2. The van der Waals surface area contributed by atoms with Crippen molar-refractivity contribution in [2.24, 2.45) is 9.50 Å². The van der Waals surface area contributed by atoms with Gasteiger partial charge in [-0.15, -0.1) is 4.36 Å². The number of nitrogens with one attached hydrogen (secondary N) is 1. The van der Waals surface area contributed by atoms with Gasteiger partial charge in [-0.05, 0) is 106 Å². The lowest BCUT2D eigenvalue weighted by molar-refractivity contribution is 0.0292. The number of carbonyl (C=O) groups excluding carboxylic acids is 2. The van der Waals surface area contributed by atoms with E-state index in [1.54, 1.807) is 31.7 Å². The van der Waals surface area contributed by atoms with Gasteiger partial charge >= 0.3 is 12.1 Å². The maximum atomic E-state index is 15.2. The molecular formula is C28H35FN4O4S. The van der Waals surface area contributed by atoms with E-state index in [4.69, 9.17) is 9.88 Å². The largest absolute Gasteiger partial charge is 0.444 e. The standard InChI is InChI=1S/C28H35FN4O4S/c1-28(2,3)37-27(35)33-13-12-20(16-33)17-10-11-24(23(29)15-17)38(30,36)32-26(34)31-25-21-8-4-6-18(21)14-19-7-5-9-22(19)25/h10-11,14-15,20H,4-9,12-13,16H2,1-3H3,(H3,30,31,32,34,36). The summed E-state index contributed by atoms with van der Waals surface area (Å²) >= 11 is 0. The summed E-state index contributed by atoms with van der Waals surface area (Å²) < 4.78 is 37.5. The van der Waals surface area contributed by atoms with Crippen LogP contribution in [0.5, 0.6) is 0 Å². The number of urea groups is 1. The first-order valence-electron chi connectivity index (χ1n) is 13.2. The molecule has 0 saturated carbocycles. The van der Waals surface area contributed by atoms with E-state index >= 15 is 4.39 Å². The number of hydrogen-bond donors (Lipinski definition) is 2. The SMILES string of the molecule is CC(C)(C)OC(=O)N1CCC(c2ccc(S(N)(=O)=NC(=O)Nc3c4c(cc5c3CCC5)CCC4)c(F)c2)C1. The molecule has 3 amide bonds. The molecule has 2 aromatic rings. The van der Waals surface area contributed by atoms with Crippen LogP contribution in [0.1, 0.15) is 73.8 Å². The van der Waals surface area contributed by atoms with Crippen LogP contribution in [-0.2, 0) is 40.3 Å². The van der Waals surface area contributed by atoms with Crippen LogP contribution in [0.25, 0.3) is 0 Å². The zero-order valence-electron chi connectivity index (χ0n) is 22.1. The number of aryl methyl sites for hydroxylation is 2. The lowest BCUT2D eigenvalue weighted by atomic mass is 9.98. The quantitative estimate of drug-likeness (QED) is 0.536. The lowest BCUT2D eigenvalue weighted by Gasteiger charge is -2.24. The predicted octanol–water partition coefficient (Wildman–Crippen LogP) is 5.46. The van der Waals surface area contributed by atoms with Crippen molar-refractivity contribution in [2.75, 3.05) is 18.4 Å². The van der Waals surface area contributed by atoms with Crippen molar-refractivity contribution in [3.8, 4) is 0 Å². The van der Waals surface area contributed by atoms with Gasteiger partial charge in [-0.1, -0.05) is 12.1 Å². The second-order valence-corrected chi connectivity index (χ2v) is 13.2. The molecule has 1 fully saturated rings. The van der Waals surface area contributed by atoms with Crippen molar-refractivity contribution in [2.45, 2.75) is 82.1 Å². The Kier molecular flexibility index (Phi) is 6.98. The Balaban J connectivity index is 1.32. The van der Waals surface area contributed by atoms with Gasteiger partial charge in [0, 0.05) is 24.7 Å². The Morgan fingerprint density at radius 3 is 2.37 bits per heavy atom. The average molecular weight is 543 g/mol. The number of rotatable bonds is 3. The normalized spacial score (nSPS) is 20.0. The summed E-state index contributed by atoms with van der Waals surface area (Å²) in [6.45, 7) is 6.31. The molecule has 0 aromatic heterocycles. The molecule has 3 N–H and O–H groups in total. The van der Waals surface area contributed by atoms with E-state index in [0.29, 0.717) is 25.1 Å². The fourth-order valence-corrected chi connectivity index (χ4v) is 6.79. The van der Waals surface area contributed by atoms with Crippen LogP contribution in [-0.4, -0.2) is 39.9 Å². The third kappa shape index (κ3) is 5.42. The molecule has 1 heterocycles. The molecular weight excluding hydrogens is 507 g/mol. The molecule has 1 aliphatic heterocycles. The van der Waals surface area contributed by atoms with Crippen molar-refractivity contribution in [1.82, 2.24) is 4.90 Å². The first-order chi connectivity index (χ1) is 17.9. The monoisotopic (exact) mass is 542 g/mol. The minimum Gasteiger partial charge on any atom is -0.444 e. The Morgan fingerprint density at radius 2 is 1.76 bits per heavy atom. The molecule has 38 heavy (non-hydrogen) atoms. The third-order valence-corrected chi connectivity index (χ3v) is 8.90. The van der Waals surface area contributed by atoms with Gasteiger partial charge in [0.15, 0.2) is 0 Å². The first kappa shape index (κ1) is 26.6. The van der Waals surface area contributed by atoms with E-state index in [1.807, 2.05) is 0 Å². The van der Waals surface area contributed by atoms with Gasteiger partial charge in [0.25, 0.3) is 0 Å². The highest BCUT2D eigenvalue weighted by atomic mass is 32.2. The molecule has 2 aromatic carbocycles. The summed E-state index contributed by atoms with van der Waals surface area (Å²) in [7, 11) is -3.82. The maximum Gasteiger partial charge on any atom is 0.410 e. The number of benzene rings is 2. The Hall–Kier alpha value is -2.98. The second-order valence-electron chi connectivity index (χ2n) is 11.4. The molecule has 0 bridgehead atoms. The number of ether oxygens (including phenoxy) is 1. The topological polar surface area (TPSA) is 114 Å². The Bertz CT molecular complexity index is 1390. The Labute approximate surface area is 223 Å². The molecule has 10 heteroatoms. The maximum absolute atomic E-state index is 15.2. The number of amides is 3. The molecule has 2 unspecified atom stereocenters. The summed E-state index contributed by atoms with van der Waals surface area (Å²) in [4.78, 5) is 26.5. The number of anilines is 1. The number of likely N-dealkylation sites (tertiary alicyclic amines) is 1. The molecule has 2 atom stereocenters. The van der Waals surface area contributed by atoms with Crippen LogP contribution in [0.3, 0.4) is 0 Å². The average Bonchev–Trinajstić information content (AvgIpc) is 3.57. The number of nitrogens with zero attached hydrogens (tertiary/aromatic N) is 2. The van der Waals surface area contributed by atoms with E-state index in [1.165, 1.54) is 23.3 Å². The second kappa shape index (κ2) is 9.96. The van der Waals surface area contributed by atoms with Crippen LogP contribution in [0, 0.1) is 5.82 Å². The highest BCUT2D eigenvalue weighted by Crippen LogP contribution is 2.39. The summed E-state index contributed by atoms with van der Waals surface area (Å²) in [5, 5.41) is 8.77. The van der Waals surface area contributed by atoms with Gasteiger partial charge in [-0.2, -0.15) is 0 Å². The van der Waals surface area contributed by atoms with Gasteiger partial charge in [0.2, 0.25) is 0 Å². The minimum atomic E-state index is -3.82. The fraction of sp³-hybridized carbons (Fsp3) is 0.500. The van der Waals surface area contributed by atoms with E-state index in [-0.39, 0.29) is 10.8 Å². The molecule has 5 rings (SSSR count). The molecule has 3 aliphatic rings. The molecule has 8 nitrogen and oxygen atoms in total. The van der Waals surface area contributed by atoms with Crippen LogP contribution in [0.4, 0.5) is 19.7 Å². The van der Waals surface area contributed by atoms with Gasteiger partial charge in [-0.25, -0.2) is 23.3 Å². The summed E-state index contributed by atoms with van der Waals surface area (Å²) in [6, 6.07) is 5.66. The fourth-order valence-electron chi connectivity index (χ4n) is 5.80.